The third-order valence-electron chi connectivity index (χ3n) is 3.16. The lowest BCUT2D eigenvalue weighted by Gasteiger charge is -2.25. The van der Waals surface area contributed by atoms with E-state index >= 15 is 0 Å². The van der Waals surface area contributed by atoms with Gasteiger partial charge in [-0.25, -0.2) is 0 Å². The SMILES string of the molecule is Cc1cc(C)n(CCCNC(=O)C(N)C(C)(C)C)n1. The van der Waals surface area contributed by atoms with Crippen LogP contribution < -0.4 is 11.1 Å². The molecule has 0 fully saturated rings. The van der Waals surface area contributed by atoms with Crippen LogP contribution in [-0.2, 0) is 11.3 Å². The molecule has 0 aliphatic heterocycles. The highest BCUT2D eigenvalue weighted by Gasteiger charge is 2.26. The highest BCUT2D eigenvalue weighted by Crippen LogP contribution is 2.17. The van der Waals surface area contributed by atoms with Gasteiger partial charge >= 0.3 is 0 Å². The van der Waals surface area contributed by atoms with E-state index in [0.717, 1.165) is 24.4 Å². The van der Waals surface area contributed by atoms with Crippen molar-refractivity contribution in [2.45, 2.75) is 53.6 Å². The first-order valence-corrected chi connectivity index (χ1v) is 6.76. The molecule has 3 N–H and O–H groups in total. The Morgan fingerprint density at radius 3 is 2.58 bits per heavy atom. The summed E-state index contributed by atoms with van der Waals surface area (Å²) in [6.45, 7) is 11.3. The molecule has 5 heteroatoms. The van der Waals surface area contributed by atoms with Crippen LogP contribution in [0.2, 0.25) is 0 Å². The van der Waals surface area contributed by atoms with Gasteiger partial charge in [0.25, 0.3) is 0 Å². The number of carbonyl (C=O) groups excluding carboxylic acids is 1. The smallest absolute Gasteiger partial charge is 0.237 e. The number of aryl methyl sites for hydroxylation is 3. The average molecular weight is 266 g/mol. The third kappa shape index (κ3) is 4.67. The van der Waals surface area contributed by atoms with E-state index in [-0.39, 0.29) is 11.3 Å². The van der Waals surface area contributed by atoms with E-state index in [4.69, 9.17) is 5.73 Å². The van der Waals surface area contributed by atoms with Crippen molar-refractivity contribution in [3.8, 4) is 0 Å². The number of nitrogens with two attached hydrogens (primary N) is 1. The fraction of sp³-hybridized carbons (Fsp3) is 0.714. The summed E-state index contributed by atoms with van der Waals surface area (Å²) >= 11 is 0. The molecule has 0 spiro atoms. The number of hydrogen-bond acceptors (Lipinski definition) is 3. The zero-order chi connectivity index (χ0) is 14.6. The molecule has 1 heterocycles. The minimum Gasteiger partial charge on any atom is -0.355 e. The molecule has 5 nitrogen and oxygen atoms in total. The Labute approximate surface area is 115 Å². The Bertz CT molecular complexity index is 431. The van der Waals surface area contributed by atoms with Gasteiger partial charge in [-0.2, -0.15) is 5.10 Å². The molecule has 1 unspecified atom stereocenters. The summed E-state index contributed by atoms with van der Waals surface area (Å²) in [4.78, 5) is 11.8. The van der Waals surface area contributed by atoms with Gasteiger partial charge in [-0.15, -0.1) is 0 Å². The normalized spacial score (nSPS) is 13.4. The summed E-state index contributed by atoms with van der Waals surface area (Å²) in [5.41, 5.74) is 7.85. The number of rotatable bonds is 5. The van der Waals surface area contributed by atoms with Crippen molar-refractivity contribution in [1.29, 1.82) is 0 Å². The van der Waals surface area contributed by atoms with Crippen molar-refractivity contribution < 1.29 is 4.79 Å². The van der Waals surface area contributed by atoms with Gasteiger partial charge in [0.15, 0.2) is 0 Å². The molecule has 19 heavy (non-hydrogen) atoms. The second kappa shape index (κ2) is 6.19. The molecule has 1 aromatic heterocycles. The Hall–Kier alpha value is -1.36. The first-order chi connectivity index (χ1) is 8.71. The number of nitrogens with zero attached hydrogens (tertiary/aromatic N) is 2. The van der Waals surface area contributed by atoms with Crippen LogP contribution in [0.5, 0.6) is 0 Å². The van der Waals surface area contributed by atoms with E-state index in [1.165, 1.54) is 0 Å². The van der Waals surface area contributed by atoms with Crippen LogP contribution in [0.1, 0.15) is 38.6 Å². The predicted molar refractivity (Wildman–Crippen MR) is 76.8 cm³/mol. The number of amides is 1. The molecule has 108 valence electrons. The quantitative estimate of drug-likeness (QED) is 0.791. The van der Waals surface area contributed by atoms with Gasteiger partial charge < -0.3 is 11.1 Å². The summed E-state index contributed by atoms with van der Waals surface area (Å²) in [6.07, 6.45) is 0.852. The Balaban J connectivity index is 2.32. The van der Waals surface area contributed by atoms with Gasteiger partial charge in [0.1, 0.15) is 0 Å². The minimum absolute atomic E-state index is 0.0825. The third-order valence-corrected chi connectivity index (χ3v) is 3.16. The van der Waals surface area contributed by atoms with E-state index < -0.39 is 6.04 Å². The molecular formula is C14H26N4O. The van der Waals surface area contributed by atoms with Gasteiger partial charge in [0.05, 0.1) is 11.7 Å². The van der Waals surface area contributed by atoms with Gasteiger partial charge in [-0.05, 0) is 31.7 Å². The molecule has 0 radical (unpaired) electrons. The summed E-state index contributed by atoms with van der Waals surface area (Å²) in [5, 5.41) is 7.26. The van der Waals surface area contributed by atoms with Crippen LogP contribution in [0.4, 0.5) is 0 Å². The van der Waals surface area contributed by atoms with Crippen molar-refractivity contribution >= 4 is 5.91 Å². The van der Waals surface area contributed by atoms with Crippen LogP contribution in [0, 0.1) is 19.3 Å². The fourth-order valence-electron chi connectivity index (χ4n) is 1.84. The van der Waals surface area contributed by atoms with Crippen molar-refractivity contribution in [3.63, 3.8) is 0 Å². The molecule has 0 saturated carbocycles. The monoisotopic (exact) mass is 266 g/mol. The molecule has 1 amide bonds. The van der Waals surface area contributed by atoms with Gasteiger partial charge in [0, 0.05) is 18.8 Å². The summed E-state index contributed by atoms with van der Waals surface area (Å²) in [6, 6.07) is 1.58. The molecule has 0 aromatic carbocycles. The van der Waals surface area contributed by atoms with Crippen LogP contribution in [0.3, 0.4) is 0 Å². The Kier molecular flexibility index (Phi) is 5.11. The fourth-order valence-corrected chi connectivity index (χ4v) is 1.84. The standard InChI is InChI=1S/C14H26N4O/c1-10-9-11(2)18(17-10)8-6-7-16-13(19)12(15)14(3,4)5/h9,12H,6-8,15H2,1-5H3,(H,16,19). The van der Waals surface area contributed by atoms with Crippen molar-refractivity contribution in [2.75, 3.05) is 6.54 Å². The molecule has 1 atom stereocenters. The van der Waals surface area contributed by atoms with E-state index in [1.54, 1.807) is 0 Å². The van der Waals surface area contributed by atoms with Crippen molar-refractivity contribution in [3.05, 3.63) is 17.5 Å². The number of aromatic nitrogens is 2. The summed E-state index contributed by atoms with van der Waals surface area (Å²) in [5.74, 6) is -0.0825. The van der Waals surface area contributed by atoms with Gasteiger partial charge in [-0.1, -0.05) is 20.8 Å². The molecule has 0 aliphatic carbocycles. The van der Waals surface area contributed by atoms with Crippen molar-refractivity contribution in [2.24, 2.45) is 11.1 Å². The van der Waals surface area contributed by atoms with Crippen molar-refractivity contribution in [1.82, 2.24) is 15.1 Å². The maximum absolute atomic E-state index is 11.8. The molecular weight excluding hydrogens is 240 g/mol. The first kappa shape index (κ1) is 15.7. The molecule has 1 rings (SSSR count). The number of carbonyl (C=O) groups is 1. The predicted octanol–water partition coefficient (Wildman–Crippen LogP) is 1.38. The topological polar surface area (TPSA) is 72.9 Å². The van der Waals surface area contributed by atoms with Gasteiger partial charge in [0.2, 0.25) is 5.91 Å². The molecule has 0 aliphatic rings. The Morgan fingerprint density at radius 2 is 2.11 bits per heavy atom. The zero-order valence-electron chi connectivity index (χ0n) is 12.7. The lowest BCUT2D eigenvalue weighted by Crippen LogP contribution is -2.48. The molecule has 1 aromatic rings. The number of hydrogen-bond donors (Lipinski definition) is 2. The molecule has 0 saturated heterocycles. The maximum atomic E-state index is 11.8. The number of nitrogens with one attached hydrogen (secondary N) is 1. The second-order valence-corrected chi connectivity index (χ2v) is 6.14. The van der Waals surface area contributed by atoms with E-state index in [9.17, 15) is 4.79 Å². The van der Waals surface area contributed by atoms with E-state index in [0.29, 0.717) is 6.54 Å². The van der Waals surface area contributed by atoms with Gasteiger partial charge in [-0.3, -0.25) is 9.48 Å². The van der Waals surface area contributed by atoms with E-state index in [2.05, 4.69) is 10.4 Å². The van der Waals surface area contributed by atoms with Crippen LogP contribution in [0.15, 0.2) is 6.07 Å². The van der Waals surface area contributed by atoms with Crippen LogP contribution >= 0.6 is 0 Å². The summed E-state index contributed by atoms with van der Waals surface area (Å²) < 4.78 is 1.96. The van der Waals surface area contributed by atoms with E-state index in [1.807, 2.05) is 45.4 Å². The Morgan fingerprint density at radius 1 is 1.47 bits per heavy atom. The first-order valence-electron chi connectivity index (χ1n) is 6.76. The average Bonchev–Trinajstić information content (AvgIpc) is 2.61. The lowest BCUT2D eigenvalue weighted by atomic mass is 9.87. The van der Waals surface area contributed by atoms with Crippen LogP contribution in [-0.4, -0.2) is 28.3 Å². The second-order valence-electron chi connectivity index (χ2n) is 6.14. The largest absolute Gasteiger partial charge is 0.355 e. The molecule has 0 bridgehead atoms. The zero-order valence-corrected chi connectivity index (χ0v) is 12.7. The summed E-state index contributed by atoms with van der Waals surface area (Å²) in [7, 11) is 0. The maximum Gasteiger partial charge on any atom is 0.237 e. The highest BCUT2D eigenvalue weighted by atomic mass is 16.2. The van der Waals surface area contributed by atoms with Crippen LogP contribution in [0.25, 0.3) is 0 Å². The highest BCUT2D eigenvalue weighted by molar-refractivity contribution is 5.82. The minimum atomic E-state index is -0.471. The lowest BCUT2D eigenvalue weighted by molar-refractivity contribution is -0.124.